The molecule has 0 spiro atoms. The van der Waals surface area contributed by atoms with Crippen LogP contribution >= 0.6 is 0 Å². The molecule has 1 saturated heterocycles. The first-order valence-corrected chi connectivity index (χ1v) is 6.21. The van der Waals surface area contributed by atoms with Crippen molar-refractivity contribution in [3.05, 3.63) is 38.0 Å². The molecular weight excluding hydrogens is 248 g/mol. The van der Waals surface area contributed by atoms with Gasteiger partial charge < -0.3 is 24.1 Å². The maximum Gasteiger partial charge on any atom is 0.183 e. The summed E-state index contributed by atoms with van der Waals surface area (Å²) in [6.07, 6.45) is 2.47. The highest BCUT2D eigenvalue weighted by Crippen LogP contribution is 2.22. The Kier molecular flexibility index (Phi) is 7.62. The van der Waals surface area contributed by atoms with Crippen LogP contribution in [0.3, 0.4) is 0 Å². The molecule has 0 aromatic heterocycles. The van der Waals surface area contributed by atoms with E-state index in [1.807, 2.05) is 0 Å². The number of ether oxygens (including phenoxy) is 4. The van der Waals surface area contributed by atoms with Gasteiger partial charge in [-0.2, -0.15) is 0 Å². The molecule has 1 rings (SSSR count). The van der Waals surface area contributed by atoms with E-state index in [0.717, 1.165) is 0 Å². The number of aliphatic hydroxyl groups excluding tert-OH is 1. The van der Waals surface area contributed by atoms with Gasteiger partial charge in [-0.1, -0.05) is 18.2 Å². The van der Waals surface area contributed by atoms with Gasteiger partial charge in [-0.25, -0.2) is 0 Å². The molecule has 108 valence electrons. The molecule has 1 aliphatic heterocycles. The molecule has 0 bridgehead atoms. The second-order valence-electron chi connectivity index (χ2n) is 4.06. The van der Waals surface area contributed by atoms with Gasteiger partial charge in [0.1, 0.15) is 18.3 Å². The van der Waals surface area contributed by atoms with E-state index < -0.39 is 18.5 Å². The van der Waals surface area contributed by atoms with Crippen molar-refractivity contribution in [1.29, 1.82) is 0 Å². The largest absolute Gasteiger partial charge is 0.369 e. The average molecular weight is 270 g/mol. The van der Waals surface area contributed by atoms with Crippen molar-refractivity contribution < 1.29 is 24.1 Å². The summed E-state index contributed by atoms with van der Waals surface area (Å²) < 4.78 is 22.0. The molecular formula is C14H22O5. The fourth-order valence-electron chi connectivity index (χ4n) is 1.83. The topological polar surface area (TPSA) is 57.2 Å². The minimum atomic E-state index is -1.04. The fraction of sp³-hybridized carbons (Fsp3) is 0.571. The van der Waals surface area contributed by atoms with Crippen molar-refractivity contribution >= 4 is 0 Å². The van der Waals surface area contributed by atoms with Gasteiger partial charge in [0.15, 0.2) is 6.29 Å². The van der Waals surface area contributed by atoms with Gasteiger partial charge in [-0.15, -0.1) is 19.7 Å². The lowest BCUT2D eigenvalue weighted by Crippen LogP contribution is -2.56. The molecule has 5 heteroatoms. The lowest BCUT2D eigenvalue weighted by molar-refractivity contribution is -0.275. The number of hydrogen-bond acceptors (Lipinski definition) is 5. The predicted octanol–water partition coefficient (Wildman–Crippen LogP) is 1.05. The Labute approximate surface area is 114 Å². The lowest BCUT2D eigenvalue weighted by Gasteiger charge is -2.39. The predicted molar refractivity (Wildman–Crippen MR) is 71.8 cm³/mol. The highest BCUT2D eigenvalue weighted by Gasteiger charge is 2.41. The van der Waals surface area contributed by atoms with Crippen molar-refractivity contribution in [2.75, 3.05) is 26.4 Å². The molecule has 1 heterocycles. The highest BCUT2D eigenvalue weighted by atomic mass is 16.7. The first-order valence-electron chi connectivity index (χ1n) is 6.21. The van der Waals surface area contributed by atoms with Crippen LogP contribution in [0.4, 0.5) is 0 Å². The Morgan fingerprint density at radius 2 is 1.47 bits per heavy atom. The van der Waals surface area contributed by atoms with E-state index in [9.17, 15) is 5.11 Å². The second kappa shape index (κ2) is 9.01. The van der Waals surface area contributed by atoms with Gasteiger partial charge in [-0.3, -0.25) is 0 Å². The standard InChI is InChI=1S/C14H22O5/c1-4-7-16-11-10-19-14(15)13(18-9-6-3)12(11)17-8-5-2/h4-6,11-15H,1-3,7-10H2/t11-,12-,13+,14?/m1/s1. The summed E-state index contributed by atoms with van der Waals surface area (Å²) in [7, 11) is 0. The lowest BCUT2D eigenvalue weighted by atomic mass is 10.0. The minimum absolute atomic E-state index is 0.241. The Morgan fingerprint density at radius 1 is 0.947 bits per heavy atom. The van der Waals surface area contributed by atoms with E-state index in [0.29, 0.717) is 19.8 Å². The molecule has 1 aliphatic rings. The van der Waals surface area contributed by atoms with Crippen LogP contribution in [-0.2, 0) is 18.9 Å². The Hall–Kier alpha value is -0.980. The average Bonchev–Trinajstić information content (AvgIpc) is 2.42. The van der Waals surface area contributed by atoms with Crippen LogP contribution in [0.25, 0.3) is 0 Å². The van der Waals surface area contributed by atoms with Crippen molar-refractivity contribution in [2.45, 2.75) is 24.6 Å². The van der Waals surface area contributed by atoms with Gasteiger partial charge in [-0.05, 0) is 0 Å². The third kappa shape index (κ3) is 4.89. The SMILES string of the molecule is C=CCO[C@H]1[C@H](OCC=C)C(O)OC[C@H]1OCC=C. The van der Waals surface area contributed by atoms with E-state index in [1.54, 1.807) is 18.2 Å². The van der Waals surface area contributed by atoms with Crippen molar-refractivity contribution in [2.24, 2.45) is 0 Å². The van der Waals surface area contributed by atoms with E-state index in [4.69, 9.17) is 18.9 Å². The van der Waals surface area contributed by atoms with Crippen LogP contribution < -0.4 is 0 Å². The zero-order chi connectivity index (χ0) is 14.1. The van der Waals surface area contributed by atoms with E-state index in [2.05, 4.69) is 19.7 Å². The van der Waals surface area contributed by atoms with E-state index >= 15 is 0 Å². The number of hydrogen-bond donors (Lipinski definition) is 1. The smallest absolute Gasteiger partial charge is 0.183 e. The maximum absolute atomic E-state index is 9.85. The maximum atomic E-state index is 9.85. The van der Waals surface area contributed by atoms with Crippen LogP contribution in [0.15, 0.2) is 38.0 Å². The van der Waals surface area contributed by atoms with Crippen molar-refractivity contribution in [1.82, 2.24) is 0 Å². The molecule has 1 N–H and O–H groups in total. The van der Waals surface area contributed by atoms with Gasteiger partial charge in [0.25, 0.3) is 0 Å². The molecule has 0 aromatic rings. The first kappa shape index (κ1) is 16.1. The van der Waals surface area contributed by atoms with Crippen LogP contribution in [0, 0.1) is 0 Å². The van der Waals surface area contributed by atoms with Crippen LogP contribution in [-0.4, -0.2) is 56.1 Å². The fourth-order valence-corrected chi connectivity index (χ4v) is 1.83. The molecule has 4 atom stereocenters. The van der Waals surface area contributed by atoms with Crippen LogP contribution in [0.1, 0.15) is 0 Å². The van der Waals surface area contributed by atoms with Gasteiger partial charge in [0, 0.05) is 0 Å². The zero-order valence-electron chi connectivity index (χ0n) is 11.1. The van der Waals surface area contributed by atoms with Crippen molar-refractivity contribution in [3.8, 4) is 0 Å². The van der Waals surface area contributed by atoms with Crippen LogP contribution in [0.2, 0.25) is 0 Å². The summed E-state index contributed by atoms with van der Waals surface area (Å²) >= 11 is 0. The van der Waals surface area contributed by atoms with Crippen molar-refractivity contribution in [3.63, 3.8) is 0 Å². The molecule has 1 fully saturated rings. The minimum Gasteiger partial charge on any atom is -0.369 e. The summed E-state index contributed by atoms with van der Waals surface area (Å²) in [5.41, 5.74) is 0. The molecule has 0 aromatic carbocycles. The second-order valence-corrected chi connectivity index (χ2v) is 4.06. The third-order valence-corrected chi connectivity index (χ3v) is 2.64. The molecule has 0 saturated carbocycles. The molecule has 0 amide bonds. The van der Waals surface area contributed by atoms with E-state index in [-0.39, 0.29) is 12.7 Å². The zero-order valence-corrected chi connectivity index (χ0v) is 11.1. The molecule has 19 heavy (non-hydrogen) atoms. The summed E-state index contributed by atoms with van der Waals surface area (Å²) in [5.74, 6) is 0. The van der Waals surface area contributed by atoms with Gasteiger partial charge >= 0.3 is 0 Å². The number of aliphatic hydroxyl groups is 1. The van der Waals surface area contributed by atoms with Gasteiger partial charge in [0.05, 0.1) is 26.4 Å². The monoisotopic (exact) mass is 270 g/mol. The molecule has 0 aliphatic carbocycles. The quantitative estimate of drug-likeness (QED) is 0.635. The Balaban J connectivity index is 2.70. The normalized spacial score (nSPS) is 30.8. The Bertz CT molecular complexity index is 292. The van der Waals surface area contributed by atoms with Gasteiger partial charge in [0.2, 0.25) is 0 Å². The highest BCUT2D eigenvalue weighted by molar-refractivity contribution is 4.88. The summed E-state index contributed by atoms with van der Waals surface area (Å²) in [6, 6.07) is 0. The third-order valence-electron chi connectivity index (χ3n) is 2.64. The first-order chi connectivity index (χ1) is 9.24. The summed E-state index contributed by atoms with van der Waals surface area (Å²) in [4.78, 5) is 0. The van der Waals surface area contributed by atoms with Crippen LogP contribution in [0.5, 0.6) is 0 Å². The molecule has 0 radical (unpaired) electrons. The molecule has 1 unspecified atom stereocenters. The summed E-state index contributed by atoms with van der Waals surface area (Å²) in [5, 5.41) is 9.85. The summed E-state index contributed by atoms with van der Waals surface area (Å²) in [6.45, 7) is 12.0. The Morgan fingerprint density at radius 3 is 2.05 bits per heavy atom. The number of rotatable bonds is 9. The van der Waals surface area contributed by atoms with E-state index in [1.165, 1.54) is 0 Å². The molecule has 5 nitrogen and oxygen atoms in total.